The van der Waals surface area contributed by atoms with Crippen LogP contribution in [0, 0.1) is 6.92 Å². The van der Waals surface area contributed by atoms with Gasteiger partial charge >= 0.3 is 23.9 Å². The number of methoxy groups -OCH3 is 4. The number of fused-ring (bicyclic) bond motifs is 3. The molecule has 1 fully saturated rings. The van der Waals surface area contributed by atoms with E-state index in [1.165, 1.54) is 28.4 Å². The average Bonchev–Trinajstić information content (AvgIpc) is 3.69. The summed E-state index contributed by atoms with van der Waals surface area (Å²) < 4.78 is 24.6. The van der Waals surface area contributed by atoms with E-state index in [-0.39, 0.29) is 26.2 Å². The number of nitrogens with zero attached hydrogens (tertiary/aromatic N) is 1. The normalized spacial score (nSPS) is 21.6. The highest BCUT2D eigenvalue weighted by Crippen LogP contribution is 2.71. The van der Waals surface area contributed by atoms with Crippen molar-refractivity contribution in [2.45, 2.75) is 49.3 Å². The Hall–Kier alpha value is -3.20. The Bertz CT molecular complexity index is 1560. The lowest BCUT2D eigenvalue weighted by Crippen LogP contribution is -2.56. The van der Waals surface area contributed by atoms with Crippen molar-refractivity contribution in [2.24, 2.45) is 0 Å². The van der Waals surface area contributed by atoms with Gasteiger partial charge in [-0.2, -0.15) is 0 Å². The summed E-state index contributed by atoms with van der Waals surface area (Å²) >= 11 is 2.79. The Balaban J connectivity index is 1.87. The fourth-order valence-electron chi connectivity index (χ4n) is 5.73. The van der Waals surface area contributed by atoms with E-state index in [9.17, 15) is 24.0 Å². The summed E-state index contributed by atoms with van der Waals surface area (Å²) in [4.78, 5) is 69.5. The number of amides is 1. The molecule has 14 heteroatoms. The second kappa shape index (κ2) is 12.0. The van der Waals surface area contributed by atoms with Crippen LogP contribution in [0.15, 0.2) is 43.4 Å². The number of aryl methyl sites for hydroxylation is 1. The minimum absolute atomic E-state index is 0.0958. The number of rotatable bonds is 5. The maximum atomic E-state index is 14.2. The largest absolute Gasteiger partial charge is 0.466 e. The van der Waals surface area contributed by atoms with Crippen molar-refractivity contribution in [3.8, 4) is 0 Å². The second-order valence-electron chi connectivity index (χ2n) is 10.7. The first-order valence-electron chi connectivity index (χ1n) is 13.6. The fraction of sp³-hybridized carbons (Fsp3) is 0.433. The van der Waals surface area contributed by atoms with Gasteiger partial charge in [-0.25, -0.2) is 19.2 Å². The summed E-state index contributed by atoms with van der Waals surface area (Å²) in [5.74, 6) is -3.56. The molecule has 1 saturated heterocycles. The molecule has 0 aromatic heterocycles. The summed E-state index contributed by atoms with van der Waals surface area (Å²) in [5.41, 5.74) is 1.32. The molecular weight excluding hydrogens is 631 g/mol. The summed E-state index contributed by atoms with van der Waals surface area (Å²) in [7, 11) is 4.72. The second-order valence-corrected chi connectivity index (χ2v) is 14.4. The van der Waals surface area contributed by atoms with E-state index in [4.69, 9.17) is 23.7 Å². The van der Waals surface area contributed by atoms with Crippen LogP contribution in [0.2, 0.25) is 0 Å². The molecule has 0 aliphatic carbocycles. The van der Waals surface area contributed by atoms with E-state index in [0.717, 1.165) is 47.3 Å². The highest BCUT2D eigenvalue weighted by atomic mass is 32.2. The number of carbonyl (C=O) groups is 5. The van der Waals surface area contributed by atoms with Gasteiger partial charge < -0.3 is 23.7 Å². The van der Waals surface area contributed by atoms with Crippen LogP contribution in [0.4, 0.5) is 5.69 Å². The Labute approximate surface area is 267 Å². The zero-order valence-electron chi connectivity index (χ0n) is 25.2. The van der Waals surface area contributed by atoms with Crippen molar-refractivity contribution in [2.75, 3.05) is 39.9 Å². The van der Waals surface area contributed by atoms with Crippen LogP contribution in [-0.4, -0.2) is 80.6 Å². The van der Waals surface area contributed by atoms with Gasteiger partial charge in [-0.05, 0) is 45.2 Å². The number of thioether (sulfide) groups is 3. The van der Waals surface area contributed by atoms with E-state index in [2.05, 4.69) is 0 Å². The number of hydrogen-bond acceptors (Lipinski definition) is 13. The van der Waals surface area contributed by atoms with Gasteiger partial charge in [-0.1, -0.05) is 47.4 Å². The molecule has 4 aliphatic heterocycles. The topological polar surface area (TPSA) is 135 Å². The molecule has 1 atom stereocenters. The van der Waals surface area contributed by atoms with Crippen LogP contribution in [0.5, 0.6) is 0 Å². The molecular formula is C30H31NO10S3. The number of benzene rings is 1. The highest BCUT2D eigenvalue weighted by molar-refractivity contribution is 8.26. The molecule has 0 unspecified atom stereocenters. The van der Waals surface area contributed by atoms with Gasteiger partial charge in [0.1, 0.15) is 24.9 Å². The van der Waals surface area contributed by atoms with Crippen LogP contribution < -0.4 is 4.90 Å². The molecule has 0 N–H and O–H groups in total. The minimum Gasteiger partial charge on any atom is -0.466 e. The molecule has 0 bridgehead atoms. The number of hydrogen-bond donors (Lipinski definition) is 0. The molecule has 4 aliphatic rings. The molecule has 1 aromatic carbocycles. The third kappa shape index (κ3) is 4.86. The molecule has 234 valence electrons. The Morgan fingerprint density at radius 3 is 1.95 bits per heavy atom. The minimum atomic E-state index is -1.62. The molecule has 4 heterocycles. The van der Waals surface area contributed by atoms with Gasteiger partial charge in [0.05, 0.1) is 45.2 Å². The van der Waals surface area contributed by atoms with E-state index >= 15 is 0 Å². The predicted octanol–water partition coefficient (Wildman–Crippen LogP) is 4.09. The van der Waals surface area contributed by atoms with E-state index < -0.39 is 39.6 Å². The van der Waals surface area contributed by atoms with Gasteiger partial charge in [0, 0.05) is 22.6 Å². The summed E-state index contributed by atoms with van der Waals surface area (Å²) in [6, 6.07) is 5.58. The smallest absolute Gasteiger partial charge is 0.345 e. The zero-order chi connectivity index (χ0) is 32.1. The summed E-state index contributed by atoms with van der Waals surface area (Å²) in [5, 5.41) is 0. The van der Waals surface area contributed by atoms with Crippen molar-refractivity contribution < 1.29 is 47.7 Å². The van der Waals surface area contributed by atoms with Gasteiger partial charge in [0.15, 0.2) is 0 Å². The molecule has 0 radical (unpaired) electrons. The standard InChI is InChI=1S/C30H31NO10S3/c1-14-10-11-15-16(13-14)31(24(32)17-9-8-12-41-17)29(2,3)23-18(15)30(19(25(33)37-4)20(42-23)26(34)38-5)43-21(27(35)39-6)22(44-30)28(36)40-7/h10-11,13,17H,8-9,12H2,1-7H3/t17-/m0/s1. The third-order valence-corrected chi connectivity index (χ3v) is 12.4. The van der Waals surface area contributed by atoms with Gasteiger partial charge in [0.25, 0.3) is 5.91 Å². The SMILES string of the molecule is COC(=O)C1=C(C(=O)OC)SC2(S1)C(C(=O)OC)=C(C(=O)OC)SC1=C2c2ccc(C)cc2N(C(=O)[C@@H]2CCCO2)C1(C)C. The molecule has 44 heavy (non-hydrogen) atoms. The van der Waals surface area contributed by atoms with Gasteiger partial charge in [-0.15, -0.1) is 0 Å². The predicted molar refractivity (Wildman–Crippen MR) is 166 cm³/mol. The monoisotopic (exact) mass is 661 g/mol. The highest BCUT2D eigenvalue weighted by Gasteiger charge is 2.62. The Morgan fingerprint density at radius 1 is 0.864 bits per heavy atom. The van der Waals surface area contributed by atoms with Crippen LogP contribution in [-0.2, 0) is 47.7 Å². The van der Waals surface area contributed by atoms with Crippen molar-refractivity contribution in [3.05, 3.63) is 54.5 Å². The van der Waals surface area contributed by atoms with E-state index in [1.807, 2.05) is 39.0 Å². The van der Waals surface area contributed by atoms with Crippen molar-refractivity contribution in [3.63, 3.8) is 0 Å². The maximum Gasteiger partial charge on any atom is 0.345 e. The molecule has 1 amide bonds. The first-order valence-corrected chi connectivity index (χ1v) is 16.0. The summed E-state index contributed by atoms with van der Waals surface area (Å²) in [6.07, 6.45) is 0.665. The zero-order valence-corrected chi connectivity index (χ0v) is 27.6. The first-order chi connectivity index (χ1) is 20.9. The average molecular weight is 662 g/mol. The lowest BCUT2D eigenvalue weighted by Gasteiger charge is -2.51. The quantitative estimate of drug-likeness (QED) is 0.332. The van der Waals surface area contributed by atoms with Crippen LogP contribution in [0.1, 0.15) is 37.8 Å². The number of esters is 4. The fourth-order valence-corrected chi connectivity index (χ4v) is 10.8. The number of anilines is 1. The molecule has 5 rings (SSSR count). The Kier molecular flexibility index (Phi) is 8.75. The van der Waals surface area contributed by atoms with Crippen LogP contribution >= 0.6 is 35.3 Å². The first kappa shape index (κ1) is 32.2. The molecule has 1 aromatic rings. The Morgan fingerprint density at radius 2 is 1.43 bits per heavy atom. The van der Waals surface area contributed by atoms with Crippen molar-refractivity contribution >= 4 is 76.3 Å². The van der Waals surface area contributed by atoms with Crippen molar-refractivity contribution in [1.29, 1.82) is 0 Å². The van der Waals surface area contributed by atoms with Crippen molar-refractivity contribution in [1.82, 2.24) is 0 Å². The van der Waals surface area contributed by atoms with Crippen LogP contribution in [0.3, 0.4) is 0 Å². The molecule has 0 saturated carbocycles. The van der Waals surface area contributed by atoms with E-state index in [1.54, 1.807) is 4.90 Å². The molecule has 11 nitrogen and oxygen atoms in total. The lowest BCUT2D eigenvalue weighted by atomic mass is 9.82. The van der Waals surface area contributed by atoms with Gasteiger partial charge in [0.2, 0.25) is 0 Å². The molecule has 1 spiro atoms. The lowest BCUT2D eigenvalue weighted by molar-refractivity contribution is -0.138. The number of ether oxygens (including phenoxy) is 5. The third-order valence-electron chi connectivity index (χ3n) is 7.72. The van der Waals surface area contributed by atoms with Gasteiger partial charge in [-0.3, -0.25) is 9.69 Å². The number of carbonyl (C=O) groups excluding carboxylic acids is 5. The van der Waals surface area contributed by atoms with Crippen LogP contribution in [0.25, 0.3) is 5.57 Å². The van der Waals surface area contributed by atoms with E-state index in [0.29, 0.717) is 34.8 Å². The summed E-state index contributed by atoms with van der Waals surface area (Å²) in [6.45, 7) is 6.07. The maximum absolute atomic E-state index is 14.2.